The molecule has 2 amide bonds. The Morgan fingerprint density at radius 2 is 1.37 bits per heavy atom. The lowest BCUT2D eigenvalue weighted by Gasteiger charge is -2.13. The number of rotatable bonds is 5. The van der Waals surface area contributed by atoms with Gasteiger partial charge >= 0.3 is 6.03 Å². The van der Waals surface area contributed by atoms with Gasteiger partial charge in [0.15, 0.2) is 0 Å². The Morgan fingerprint density at radius 1 is 0.778 bits per heavy atom. The summed E-state index contributed by atoms with van der Waals surface area (Å²) in [5.41, 5.74) is 2.27. The van der Waals surface area contributed by atoms with Gasteiger partial charge in [0, 0.05) is 17.1 Å². The molecule has 6 nitrogen and oxygen atoms in total. The van der Waals surface area contributed by atoms with Gasteiger partial charge in [-0.25, -0.2) is 13.2 Å². The van der Waals surface area contributed by atoms with Crippen LogP contribution in [0.1, 0.15) is 5.56 Å². The first-order valence-electron chi connectivity index (χ1n) is 8.26. The highest BCUT2D eigenvalue weighted by Gasteiger charge is 2.16. The first-order valence-corrected chi connectivity index (χ1v) is 9.74. The number of benzene rings is 3. The van der Waals surface area contributed by atoms with Gasteiger partial charge in [0.2, 0.25) is 0 Å². The Bertz CT molecular complexity index is 1040. The SMILES string of the molecule is Cc1ccc(S(=O)(=O)Nc2ccccc2)cc1NC(=O)Nc1ccccc1. The number of amides is 2. The molecule has 0 aliphatic heterocycles. The zero-order chi connectivity index (χ0) is 19.3. The molecule has 27 heavy (non-hydrogen) atoms. The van der Waals surface area contributed by atoms with Crippen LogP contribution in [-0.2, 0) is 10.0 Å². The maximum absolute atomic E-state index is 12.6. The molecule has 3 aromatic carbocycles. The van der Waals surface area contributed by atoms with Crippen LogP contribution in [0.4, 0.5) is 21.9 Å². The fraction of sp³-hybridized carbons (Fsp3) is 0.0500. The topological polar surface area (TPSA) is 87.3 Å². The third kappa shape index (κ3) is 4.86. The van der Waals surface area contributed by atoms with E-state index in [2.05, 4.69) is 15.4 Å². The lowest BCUT2D eigenvalue weighted by atomic mass is 10.2. The molecule has 0 bridgehead atoms. The average molecular weight is 381 g/mol. The summed E-state index contributed by atoms with van der Waals surface area (Å²) in [5.74, 6) is 0. The lowest BCUT2D eigenvalue weighted by molar-refractivity contribution is 0.262. The highest BCUT2D eigenvalue weighted by atomic mass is 32.2. The Morgan fingerprint density at radius 3 is 2.00 bits per heavy atom. The first kappa shape index (κ1) is 18.5. The Balaban J connectivity index is 1.78. The third-order valence-electron chi connectivity index (χ3n) is 3.83. The zero-order valence-electron chi connectivity index (χ0n) is 14.6. The van der Waals surface area contributed by atoms with Gasteiger partial charge in [-0.2, -0.15) is 0 Å². The van der Waals surface area contributed by atoms with E-state index in [9.17, 15) is 13.2 Å². The second-order valence-electron chi connectivity index (χ2n) is 5.89. The van der Waals surface area contributed by atoms with Crippen LogP contribution in [0.3, 0.4) is 0 Å². The Hall–Kier alpha value is -3.32. The molecule has 0 aliphatic carbocycles. The van der Waals surface area contributed by atoms with Crippen molar-refractivity contribution in [1.29, 1.82) is 0 Å². The van der Waals surface area contributed by atoms with Crippen LogP contribution < -0.4 is 15.4 Å². The molecule has 3 rings (SSSR count). The molecule has 3 N–H and O–H groups in total. The van der Waals surface area contributed by atoms with E-state index in [1.165, 1.54) is 12.1 Å². The summed E-state index contributed by atoms with van der Waals surface area (Å²) in [4.78, 5) is 12.3. The number of hydrogen-bond donors (Lipinski definition) is 3. The number of nitrogens with one attached hydrogen (secondary N) is 3. The number of aryl methyl sites for hydroxylation is 1. The van der Waals surface area contributed by atoms with Crippen LogP contribution in [0, 0.1) is 6.92 Å². The number of anilines is 3. The van der Waals surface area contributed by atoms with Gasteiger partial charge in [-0.15, -0.1) is 0 Å². The molecule has 0 heterocycles. The highest BCUT2D eigenvalue weighted by molar-refractivity contribution is 7.92. The van der Waals surface area contributed by atoms with Crippen molar-refractivity contribution in [3.63, 3.8) is 0 Å². The van der Waals surface area contributed by atoms with Crippen LogP contribution in [-0.4, -0.2) is 14.4 Å². The highest BCUT2D eigenvalue weighted by Crippen LogP contribution is 2.22. The molecule has 0 atom stereocenters. The third-order valence-corrected chi connectivity index (χ3v) is 5.20. The minimum absolute atomic E-state index is 0.0620. The molecule has 0 unspecified atom stereocenters. The maximum Gasteiger partial charge on any atom is 0.323 e. The first-order chi connectivity index (χ1) is 12.9. The van der Waals surface area contributed by atoms with Crippen LogP contribution >= 0.6 is 0 Å². The maximum atomic E-state index is 12.6. The van der Waals surface area contributed by atoms with E-state index in [0.29, 0.717) is 17.1 Å². The largest absolute Gasteiger partial charge is 0.323 e. The molecular formula is C20H19N3O3S. The summed E-state index contributed by atoms with van der Waals surface area (Å²) < 4.78 is 27.7. The van der Waals surface area contributed by atoms with Crippen molar-refractivity contribution in [3.8, 4) is 0 Å². The van der Waals surface area contributed by atoms with E-state index in [1.54, 1.807) is 55.5 Å². The van der Waals surface area contributed by atoms with Gasteiger partial charge in [0.05, 0.1) is 4.90 Å². The number of para-hydroxylation sites is 2. The molecule has 0 radical (unpaired) electrons. The summed E-state index contributed by atoms with van der Waals surface area (Å²) in [6.07, 6.45) is 0. The van der Waals surface area contributed by atoms with Crippen molar-refractivity contribution in [1.82, 2.24) is 0 Å². The fourth-order valence-electron chi connectivity index (χ4n) is 2.43. The molecule has 0 spiro atoms. The molecule has 0 aliphatic rings. The van der Waals surface area contributed by atoms with Crippen molar-refractivity contribution in [2.75, 3.05) is 15.4 Å². The zero-order valence-corrected chi connectivity index (χ0v) is 15.5. The predicted octanol–water partition coefficient (Wildman–Crippen LogP) is 4.44. The number of hydrogen-bond acceptors (Lipinski definition) is 3. The van der Waals surface area contributed by atoms with E-state index in [4.69, 9.17) is 0 Å². The van der Waals surface area contributed by atoms with Gasteiger partial charge in [0.1, 0.15) is 0 Å². The molecule has 0 aromatic heterocycles. The molecular weight excluding hydrogens is 362 g/mol. The van der Waals surface area contributed by atoms with Crippen LogP contribution in [0.25, 0.3) is 0 Å². The van der Waals surface area contributed by atoms with Crippen molar-refractivity contribution >= 4 is 33.1 Å². The Kier molecular flexibility index (Phi) is 5.42. The summed E-state index contributed by atoms with van der Waals surface area (Å²) in [6, 6.07) is 21.7. The van der Waals surface area contributed by atoms with E-state index in [0.717, 1.165) is 5.56 Å². The van der Waals surface area contributed by atoms with Crippen molar-refractivity contribution in [2.45, 2.75) is 11.8 Å². The lowest BCUT2D eigenvalue weighted by Crippen LogP contribution is -2.20. The van der Waals surface area contributed by atoms with Crippen molar-refractivity contribution < 1.29 is 13.2 Å². The summed E-state index contributed by atoms with van der Waals surface area (Å²) in [7, 11) is -3.77. The van der Waals surface area contributed by atoms with E-state index >= 15 is 0 Å². The van der Waals surface area contributed by atoms with Gasteiger partial charge in [0.25, 0.3) is 10.0 Å². The van der Waals surface area contributed by atoms with E-state index < -0.39 is 16.1 Å². The normalized spacial score (nSPS) is 10.9. The van der Waals surface area contributed by atoms with Crippen LogP contribution in [0.15, 0.2) is 83.8 Å². The molecule has 0 saturated heterocycles. The second-order valence-corrected chi connectivity index (χ2v) is 7.58. The minimum Gasteiger partial charge on any atom is -0.308 e. The number of carbonyl (C=O) groups excluding carboxylic acids is 1. The fourth-order valence-corrected chi connectivity index (χ4v) is 3.51. The van der Waals surface area contributed by atoms with Crippen LogP contribution in [0.5, 0.6) is 0 Å². The monoisotopic (exact) mass is 381 g/mol. The summed E-state index contributed by atoms with van der Waals surface area (Å²) in [5, 5.41) is 5.39. The molecule has 3 aromatic rings. The minimum atomic E-state index is -3.77. The van der Waals surface area contributed by atoms with Crippen LogP contribution in [0.2, 0.25) is 0 Å². The van der Waals surface area contributed by atoms with Gasteiger partial charge in [-0.1, -0.05) is 42.5 Å². The van der Waals surface area contributed by atoms with E-state index in [1.807, 2.05) is 18.2 Å². The Labute approximate surface area is 158 Å². The van der Waals surface area contributed by atoms with Gasteiger partial charge < -0.3 is 10.6 Å². The molecule has 7 heteroatoms. The number of carbonyl (C=O) groups is 1. The summed E-state index contributed by atoms with van der Waals surface area (Å²) >= 11 is 0. The number of urea groups is 1. The molecule has 0 fully saturated rings. The molecule has 0 saturated carbocycles. The predicted molar refractivity (Wildman–Crippen MR) is 108 cm³/mol. The van der Waals surface area contributed by atoms with E-state index in [-0.39, 0.29) is 4.90 Å². The quantitative estimate of drug-likeness (QED) is 0.610. The second kappa shape index (κ2) is 7.92. The summed E-state index contributed by atoms with van der Waals surface area (Å²) in [6.45, 7) is 1.79. The smallest absolute Gasteiger partial charge is 0.308 e. The standard InChI is InChI=1S/C20H19N3O3S/c1-15-12-13-18(27(25,26)23-17-10-6-3-7-11-17)14-19(15)22-20(24)21-16-8-4-2-5-9-16/h2-14,23H,1H3,(H2,21,22,24). The number of sulfonamides is 1. The average Bonchev–Trinajstić information content (AvgIpc) is 2.64. The van der Waals surface area contributed by atoms with Crippen molar-refractivity contribution in [2.24, 2.45) is 0 Å². The van der Waals surface area contributed by atoms with Gasteiger partial charge in [-0.3, -0.25) is 4.72 Å². The van der Waals surface area contributed by atoms with Crippen molar-refractivity contribution in [3.05, 3.63) is 84.4 Å². The molecule has 138 valence electrons. The van der Waals surface area contributed by atoms with Gasteiger partial charge in [-0.05, 0) is 48.9 Å².